The van der Waals surface area contributed by atoms with Gasteiger partial charge >= 0.3 is 0 Å². The Bertz CT molecular complexity index is 412. The van der Waals surface area contributed by atoms with Gasteiger partial charge in [-0.15, -0.1) is 0 Å². The zero-order valence-electron chi connectivity index (χ0n) is 8.73. The molecule has 0 heterocycles. The van der Waals surface area contributed by atoms with E-state index in [2.05, 4.69) is 5.32 Å². The van der Waals surface area contributed by atoms with E-state index in [1.165, 1.54) is 0 Å². The van der Waals surface area contributed by atoms with Crippen LogP contribution < -0.4 is 5.32 Å². The quantitative estimate of drug-likeness (QED) is 0.801. The molecule has 1 aromatic carbocycles. The summed E-state index contributed by atoms with van der Waals surface area (Å²) in [6, 6.07) is 3.00. The van der Waals surface area contributed by atoms with E-state index in [4.69, 9.17) is 5.26 Å². The van der Waals surface area contributed by atoms with Crippen molar-refractivity contribution in [2.45, 2.75) is 18.9 Å². The highest BCUT2D eigenvalue weighted by atomic mass is 19.2. The van der Waals surface area contributed by atoms with Gasteiger partial charge < -0.3 is 5.32 Å². The van der Waals surface area contributed by atoms with Gasteiger partial charge in [-0.25, -0.2) is 13.2 Å². The van der Waals surface area contributed by atoms with E-state index in [-0.39, 0.29) is 24.4 Å². The van der Waals surface area contributed by atoms with Crippen LogP contribution in [0.1, 0.15) is 12.0 Å². The van der Waals surface area contributed by atoms with Crippen molar-refractivity contribution in [1.82, 2.24) is 5.32 Å². The summed E-state index contributed by atoms with van der Waals surface area (Å²) in [5.41, 5.74) is 0.0634. The Hall–Kier alpha value is -1.54. The van der Waals surface area contributed by atoms with Crippen molar-refractivity contribution in [3.05, 3.63) is 35.1 Å². The Morgan fingerprint density at radius 1 is 1.25 bits per heavy atom. The van der Waals surface area contributed by atoms with Crippen molar-refractivity contribution >= 4 is 0 Å². The van der Waals surface area contributed by atoms with Crippen LogP contribution >= 0.6 is 0 Å². The molecular formula is C11H11F3N2. The third-order valence-electron chi connectivity index (χ3n) is 2.30. The van der Waals surface area contributed by atoms with Crippen LogP contribution in [0, 0.1) is 28.8 Å². The summed E-state index contributed by atoms with van der Waals surface area (Å²) < 4.78 is 38.8. The lowest BCUT2D eigenvalue weighted by atomic mass is 10.0. The summed E-state index contributed by atoms with van der Waals surface area (Å²) in [6.07, 6.45) is 0.321. The van der Waals surface area contributed by atoms with Gasteiger partial charge in [0, 0.05) is 12.1 Å². The van der Waals surface area contributed by atoms with Gasteiger partial charge in [0.2, 0.25) is 0 Å². The largest absolute Gasteiger partial charge is 0.316 e. The number of nitrogens with one attached hydrogen (secondary N) is 1. The van der Waals surface area contributed by atoms with E-state index in [0.29, 0.717) is 6.07 Å². The summed E-state index contributed by atoms with van der Waals surface area (Å²) in [5, 5.41) is 11.3. The molecule has 0 aromatic heterocycles. The molecule has 1 atom stereocenters. The van der Waals surface area contributed by atoms with E-state index in [9.17, 15) is 13.2 Å². The van der Waals surface area contributed by atoms with Crippen molar-refractivity contribution < 1.29 is 13.2 Å². The monoisotopic (exact) mass is 228 g/mol. The molecule has 0 aliphatic heterocycles. The van der Waals surface area contributed by atoms with Crippen molar-refractivity contribution in [3.63, 3.8) is 0 Å². The van der Waals surface area contributed by atoms with Gasteiger partial charge in [0.05, 0.1) is 12.5 Å². The normalized spacial score (nSPS) is 12.2. The molecule has 1 aromatic rings. The van der Waals surface area contributed by atoms with Crippen LogP contribution in [0.2, 0.25) is 0 Å². The number of benzene rings is 1. The van der Waals surface area contributed by atoms with Crippen molar-refractivity contribution in [2.24, 2.45) is 0 Å². The average Bonchev–Trinajstić information content (AvgIpc) is 2.25. The maximum absolute atomic E-state index is 13.3. The standard InChI is InChI=1S/C11H11F3N2/c1-16-8(2-3-15)4-7-5-10(13)11(14)6-9(7)12/h5-6,8,16H,2,4H2,1H3/t8-/m0/s1. The van der Waals surface area contributed by atoms with Crippen molar-refractivity contribution in [1.29, 1.82) is 5.26 Å². The molecule has 0 saturated heterocycles. The first-order valence-corrected chi connectivity index (χ1v) is 4.76. The van der Waals surface area contributed by atoms with Crippen LogP contribution in [0.3, 0.4) is 0 Å². The molecule has 0 saturated carbocycles. The zero-order chi connectivity index (χ0) is 12.1. The van der Waals surface area contributed by atoms with Crippen LogP contribution in [-0.2, 0) is 6.42 Å². The Balaban J connectivity index is 2.88. The van der Waals surface area contributed by atoms with Crippen LogP contribution in [-0.4, -0.2) is 13.1 Å². The number of nitrogens with zero attached hydrogens (tertiary/aromatic N) is 1. The second kappa shape index (κ2) is 5.52. The SMILES string of the molecule is CN[C@@H](CC#N)Cc1cc(F)c(F)cc1F. The van der Waals surface area contributed by atoms with Crippen molar-refractivity contribution in [2.75, 3.05) is 7.05 Å². The second-order valence-electron chi connectivity index (χ2n) is 3.41. The number of hydrogen-bond donors (Lipinski definition) is 1. The van der Waals surface area contributed by atoms with Crippen LogP contribution in [0.15, 0.2) is 12.1 Å². The van der Waals surface area contributed by atoms with Crippen LogP contribution in [0.25, 0.3) is 0 Å². The molecule has 1 N–H and O–H groups in total. The summed E-state index contributed by atoms with van der Waals surface area (Å²) in [4.78, 5) is 0. The van der Waals surface area contributed by atoms with E-state index in [1.807, 2.05) is 6.07 Å². The molecule has 1 rings (SSSR count). The average molecular weight is 228 g/mol. The minimum absolute atomic E-state index is 0.0634. The van der Waals surface area contributed by atoms with E-state index in [0.717, 1.165) is 6.07 Å². The molecule has 0 amide bonds. The number of likely N-dealkylation sites (N-methyl/N-ethyl adjacent to an activating group) is 1. The lowest BCUT2D eigenvalue weighted by Gasteiger charge is -2.13. The maximum atomic E-state index is 13.3. The van der Waals surface area contributed by atoms with Crippen LogP contribution in [0.5, 0.6) is 0 Å². The zero-order valence-corrected chi connectivity index (χ0v) is 8.73. The Morgan fingerprint density at radius 2 is 1.88 bits per heavy atom. The lowest BCUT2D eigenvalue weighted by Crippen LogP contribution is -2.27. The number of nitriles is 1. The molecule has 0 bridgehead atoms. The van der Waals surface area contributed by atoms with Crippen molar-refractivity contribution in [3.8, 4) is 6.07 Å². The fourth-order valence-corrected chi connectivity index (χ4v) is 1.37. The van der Waals surface area contributed by atoms with Crippen LogP contribution in [0.4, 0.5) is 13.2 Å². The minimum Gasteiger partial charge on any atom is -0.316 e. The topological polar surface area (TPSA) is 35.8 Å². The van der Waals surface area contributed by atoms with Gasteiger partial charge in [-0.3, -0.25) is 0 Å². The second-order valence-corrected chi connectivity index (χ2v) is 3.41. The first-order valence-electron chi connectivity index (χ1n) is 4.76. The molecule has 0 spiro atoms. The lowest BCUT2D eigenvalue weighted by molar-refractivity contribution is 0.482. The molecule has 86 valence electrons. The van der Waals surface area contributed by atoms with Gasteiger partial charge in [0.25, 0.3) is 0 Å². The first-order chi connectivity index (χ1) is 7.58. The number of halogens is 3. The van der Waals surface area contributed by atoms with Gasteiger partial charge in [0.1, 0.15) is 5.82 Å². The molecule has 0 radical (unpaired) electrons. The maximum Gasteiger partial charge on any atom is 0.161 e. The van der Waals surface area contributed by atoms with E-state index >= 15 is 0 Å². The first kappa shape index (κ1) is 12.5. The van der Waals surface area contributed by atoms with Gasteiger partial charge in [0.15, 0.2) is 11.6 Å². The molecule has 16 heavy (non-hydrogen) atoms. The fourth-order valence-electron chi connectivity index (χ4n) is 1.37. The number of rotatable bonds is 4. The van der Waals surface area contributed by atoms with Gasteiger partial charge in [-0.1, -0.05) is 0 Å². The predicted octanol–water partition coefficient (Wildman–Crippen LogP) is 2.15. The van der Waals surface area contributed by atoms with Gasteiger partial charge in [-0.05, 0) is 25.1 Å². The third kappa shape index (κ3) is 2.97. The smallest absolute Gasteiger partial charge is 0.161 e. The number of hydrogen-bond acceptors (Lipinski definition) is 2. The summed E-state index contributed by atoms with van der Waals surface area (Å²) in [6.45, 7) is 0. The molecule has 0 fully saturated rings. The fraction of sp³-hybridized carbons (Fsp3) is 0.364. The molecule has 0 aliphatic carbocycles. The molecule has 2 nitrogen and oxygen atoms in total. The summed E-state index contributed by atoms with van der Waals surface area (Å²) in [7, 11) is 1.62. The highest BCUT2D eigenvalue weighted by molar-refractivity contribution is 5.21. The summed E-state index contributed by atoms with van der Waals surface area (Å²) >= 11 is 0. The Morgan fingerprint density at radius 3 is 2.44 bits per heavy atom. The highest BCUT2D eigenvalue weighted by Crippen LogP contribution is 2.15. The van der Waals surface area contributed by atoms with Gasteiger partial charge in [-0.2, -0.15) is 5.26 Å². The molecule has 5 heteroatoms. The molecule has 0 aliphatic rings. The van der Waals surface area contributed by atoms with E-state index in [1.54, 1.807) is 7.05 Å². The van der Waals surface area contributed by atoms with E-state index < -0.39 is 17.5 Å². The summed E-state index contributed by atoms with van der Waals surface area (Å²) in [5.74, 6) is -3.08. The predicted molar refractivity (Wildman–Crippen MR) is 53.1 cm³/mol. The Labute approximate surface area is 91.7 Å². The molecule has 0 unspecified atom stereocenters. The third-order valence-corrected chi connectivity index (χ3v) is 2.30. The highest BCUT2D eigenvalue weighted by Gasteiger charge is 2.14. The Kier molecular flexibility index (Phi) is 4.32. The molecular weight excluding hydrogens is 217 g/mol. The minimum atomic E-state index is -1.21.